The van der Waals surface area contributed by atoms with E-state index in [1.807, 2.05) is 0 Å². The molecule has 0 aromatic carbocycles. The van der Waals surface area contributed by atoms with Gasteiger partial charge in [0, 0.05) is 19.3 Å². The van der Waals surface area contributed by atoms with E-state index in [0.29, 0.717) is 19.3 Å². The van der Waals surface area contributed by atoms with E-state index in [1.54, 1.807) is 0 Å². The van der Waals surface area contributed by atoms with Crippen LogP contribution in [0.4, 0.5) is 0 Å². The number of allylic oxidation sites excluding steroid dienone is 6. The van der Waals surface area contributed by atoms with Gasteiger partial charge >= 0.3 is 17.9 Å². The number of hydrogen-bond acceptors (Lipinski definition) is 6. The molecule has 0 aliphatic heterocycles. The summed E-state index contributed by atoms with van der Waals surface area (Å²) in [5, 5.41) is 0. The smallest absolute Gasteiger partial charge is 0.306 e. The van der Waals surface area contributed by atoms with Crippen molar-refractivity contribution in [3.05, 3.63) is 36.5 Å². The van der Waals surface area contributed by atoms with Crippen molar-refractivity contribution in [2.24, 2.45) is 0 Å². The summed E-state index contributed by atoms with van der Waals surface area (Å²) in [6.07, 6.45) is 77.3. The Bertz CT molecular complexity index is 1240. The molecule has 6 heteroatoms. The van der Waals surface area contributed by atoms with Gasteiger partial charge in [-0.25, -0.2) is 0 Å². The Balaban J connectivity index is 4.21. The third-order valence-corrected chi connectivity index (χ3v) is 14.9. The van der Waals surface area contributed by atoms with Crippen molar-refractivity contribution in [2.45, 2.75) is 367 Å². The second-order valence-electron chi connectivity index (χ2n) is 22.4. The van der Waals surface area contributed by atoms with Gasteiger partial charge in [0.15, 0.2) is 6.10 Å². The standard InChI is InChI=1S/C68H126O6/c1-4-7-10-13-16-19-22-25-28-29-30-31-32-33-34-35-36-37-38-39-41-43-46-49-52-55-58-61-67(70)73-64-65(63-72-66(69)60-57-54-51-48-45-42-27-24-21-18-15-12-9-6-3)74-68(71)62-59-56-53-50-47-44-40-26-23-20-17-14-11-8-5-2/h22,25-26,29-30,40,65H,4-21,23-24,27-28,31-39,41-64H2,1-3H3/b25-22-,30-29-,40-26-. The monoisotopic (exact) mass is 1040 g/mol. The summed E-state index contributed by atoms with van der Waals surface area (Å²) in [6, 6.07) is 0. The zero-order chi connectivity index (χ0) is 53.6. The lowest BCUT2D eigenvalue weighted by Gasteiger charge is -2.18. The summed E-state index contributed by atoms with van der Waals surface area (Å²) in [5.41, 5.74) is 0. The Morgan fingerprint density at radius 3 is 0.757 bits per heavy atom. The Labute approximate surface area is 461 Å². The lowest BCUT2D eigenvalue weighted by Crippen LogP contribution is -2.30. The van der Waals surface area contributed by atoms with Gasteiger partial charge in [-0.1, -0.05) is 301 Å². The van der Waals surface area contributed by atoms with Gasteiger partial charge in [0.1, 0.15) is 13.2 Å². The van der Waals surface area contributed by atoms with E-state index in [2.05, 4.69) is 57.2 Å². The fourth-order valence-corrected chi connectivity index (χ4v) is 9.88. The zero-order valence-corrected chi connectivity index (χ0v) is 49.9. The van der Waals surface area contributed by atoms with E-state index < -0.39 is 6.10 Å². The quantitative estimate of drug-likeness (QED) is 0.0261. The molecular formula is C68H126O6. The molecule has 0 amide bonds. The largest absolute Gasteiger partial charge is 0.462 e. The molecule has 0 bridgehead atoms. The van der Waals surface area contributed by atoms with Crippen molar-refractivity contribution in [3.8, 4) is 0 Å². The van der Waals surface area contributed by atoms with Gasteiger partial charge < -0.3 is 14.2 Å². The van der Waals surface area contributed by atoms with Crippen LogP contribution in [-0.4, -0.2) is 37.2 Å². The molecule has 0 N–H and O–H groups in total. The van der Waals surface area contributed by atoms with Crippen LogP contribution in [0.2, 0.25) is 0 Å². The molecule has 0 saturated heterocycles. The molecule has 0 aliphatic rings. The van der Waals surface area contributed by atoms with Gasteiger partial charge in [-0.3, -0.25) is 14.4 Å². The van der Waals surface area contributed by atoms with Gasteiger partial charge in [0.05, 0.1) is 0 Å². The lowest BCUT2D eigenvalue weighted by molar-refractivity contribution is -0.167. The van der Waals surface area contributed by atoms with Crippen molar-refractivity contribution in [1.29, 1.82) is 0 Å². The Morgan fingerprint density at radius 1 is 0.270 bits per heavy atom. The summed E-state index contributed by atoms with van der Waals surface area (Å²) in [6.45, 7) is 6.68. The molecule has 1 atom stereocenters. The van der Waals surface area contributed by atoms with Crippen molar-refractivity contribution in [2.75, 3.05) is 13.2 Å². The van der Waals surface area contributed by atoms with E-state index >= 15 is 0 Å². The number of rotatable bonds is 61. The van der Waals surface area contributed by atoms with Crippen molar-refractivity contribution in [3.63, 3.8) is 0 Å². The van der Waals surface area contributed by atoms with Gasteiger partial charge in [0.2, 0.25) is 0 Å². The number of ether oxygens (including phenoxy) is 3. The van der Waals surface area contributed by atoms with Crippen molar-refractivity contribution < 1.29 is 28.6 Å². The van der Waals surface area contributed by atoms with Gasteiger partial charge in [0.25, 0.3) is 0 Å². The number of esters is 3. The van der Waals surface area contributed by atoms with Crippen LogP contribution in [0.25, 0.3) is 0 Å². The summed E-state index contributed by atoms with van der Waals surface area (Å²) in [7, 11) is 0. The highest BCUT2D eigenvalue weighted by Crippen LogP contribution is 2.17. The van der Waals surface area contributed by atoms with Crippen LogP contribution in [0.5, 0.6) is 0 Å². The van der Waals surface area contributed by atoms with E-state index in [4.69, 9.17) is 14.2 Å². The molecule has 0 fully saturated rings. The second-order valence-corrected chi connectivity index (χ2v) is 22.4. The Hall–Kier alpha value is -2.37. The third-order valence-electron chi connectivity index (χ3n) is 14.9. The van der Waals surface area contributed by atoms with Crippen LogP contribution in [0, 0.1) is 0 Å². The molecule has 0 spiro atoms. The third kappa shape index (κ3) is 60.5. The van der Waals surface area contributed by atoms with E-state index in [1.165, 1.54) is 250 Å². The minimum absolute atomic E-state index is 0.0703. The van der Waals surface area contributed by atoms with Gasteiger partial charge in [-0.2, -0.15) is 0 Å². The van der Waals surface area contributed by atoms with E-state index in [-0.39, 0.29) is 31.1 Å². The summed E-state index contributed by atoms with van der Waals surface area (Å²) in [5.74, 6) is -0.855. The number of hydrogen-bond donors (Lipinski definition) is 0. The molecular weight excluding hydrogens is 913 g/mol. The average Bonchev–Trinajstić information content (AvgIpc) is 3.40. The zero-order valence-electron chi connectivity index (χ0n) is 49.9. The molecule has 0 saturated carbocycles. The Morgan fingerprint density at radius 2 is 0.486 bits per heavy atom. The fraction of sp³-hybridized carbons (Fsp3) is 0.868. The van der Waals surface area contributed by atoms with Gasteiger partial charge in [-0.05, 0) is 77.0 Å². The van der Waals surface area contributed by atoms with E-state index in [0.717, 1.165) is 70.6 Å². The molecule has 0 aliphatic carbocycles. The molecule has 0 aromatic heterocycles. The number of unbranched alkanes of at least 4 members (excludes halogenated alkanes) is 44. The molecule has 434 valence electrons. The Kier molecular flexibility index (Phi) is 61.1. The van der Waals surface area contributed by atoms with Crippen LogP contribution >= 0.6 is 0 Å². The molecule has 0 radical (unpaired) electrons. The SMILES string of the molecule is CCCCCCC/C=C\C/C=C\CCCCCCCCCCCCCCCCCC(=O)OCC(COC(=O)CCCCCCCCCCCCCCCC)OC(=O)CCCCCCC/C=C\CCCCCCCC. The first kappa shape index (κ1) is 71.6. The predicted molar refractivity (Wildman–Crippen MR) is 321 cm³/mol. The molecule has 0 rings (SSSR count). The maximum atomic E-state index is 12.9. The minimum atomic E-state index is -0.773. The van der Waals surface area contributed by atoms with Crippen LogP contribution in [0.3, 0.4) is 0 Å². The first-order valence-electron chi connectivity index (χ1n) is 33.0. The highest BCUT2D eigenvalue weighted by atomic mass is 16.6. The van der Waals surface area contributed by atoms with E-state index in [9.17, 15) is 14.4 Å². The lowest BCUT2D eigenvalue weighted by atomic mass is 10.0. The van der Waals surface area contributed by atoms with Crippen molar-refractivity contribution in [1.82, 2.24) is 0 Å². The molecule has 0 aromatic rings. The van der Waals surface area contributed by atoms with Crippen LogP contribution in [0.15, 0.2) is 36.5 Å². The normalized spacial score (nSPS) is 12.2. The van der Waals surface area contributed by atoms with Crippen molar-refractivity contribution >= 4 is 17.9 Å². The average molecular weight is 1040 g/mol. The predicted octanol–water partition coefficient (Wildman–Crippen LogP) is 22.4. The molecule has 0 heterocycles. The maximum absolute atomic E-state index is 12.9. The molecule has 74 heavy (non-hydrogen) atoms. The summed E-state index contributed by atoms with van der Waals surface area (Å²) in [4.78, 5) is 38.3. The maximum Gasteiger partial charge on any atom is 0.306 e. The molecule has 6 nitrogen and oxygen atoms in total. The number of carbonyl (C=O) groups excluding carboxylic acids is 3. The minimum Gasteiger partial charge on any atom is -0.462 e. The highest BCUT2D eigenvalue weighted by Gasteiger charge is 2.19. The summed E-state index contributed by atoms with van der Waals surface area (Å²) >= 11 is 0. The van der Waals surface area contributed by atoms with Crippen LogP contribution in [0.1, 0.15) is 361 Å². The fourth-order valence-electron chi connectivity index (χ4n) is 9.88. The van der Waals surface area contributed by atoms with Gasteiger partial charge in [-0.15, -0.1) is 0 Å². The summed E-state index contributed by atoms with van der Waals surface area (Å²) < 4.78 is 16.9. The number of carbonyl (C=O) groups is 3. The topological polar surface area (TPSA) is 78.9 Å². The first-order chi connectivity index (χ1) is 36.5. The van der Waals surface area contributed by atoms with Crippen LogP contribution in [-0.2, 0) is 28.6 Å². The second kappa shape index (κ2) is 63.2. The first-order valence-corrected chi connectivity index (χ1v) is 33.0. The van der Waals surface area contributed by atoms with Crippen LogP contribution < -0.4 is 0 Å². The molecule has 1 unspecified atom stereocenters. The highest BCUT2D eigenvalue weighted by molar-refractivity contribution is 5.71.